The van der Waals surface area contributed by atoms with Gasteiger partial charge in [0.15, 0.2) is 0 Å². The Morgan fingerprint density at radius 1 is 1.33 bits per heavy atom. The molecule has 21 heavy (non-hydrogen) atoms. The van der Waals surface area contributed by atoms with Gasteiger partial charge < -0.3 is 5.43 Å². The van der Waals surface area contributed by atoms with E-state index in [1.807, 2.05) is 0 Å². The minimum Gasteiger partial charge on any atom is -0.306 e. The van der Waals surface area contributed by atoms with Gasteiger partial charge in [-0.15, -0.1) is 0 Å². The number of nitro benzene ring substituents is 1. The van der Waals surface area contributed by atoms with Crippen molar-refractivity contribution in [2.45, 2.75) is 32.7 Å². The number of nitrogens with one attached hydrogen (secondary N) is 1. The monoisotopic (exact) mass is 287 g/mol. The van der Waals surface area contributed by atoms with Gasteiger partial charge in [-0.25, -0.2) is 0 Å². The highest BCUT2D eigenvalue weighted by atomic mass is 16.6. The third-order valence-corrected chi connectivity index (χ3v) is 4.19. The Morgan fingerprint density at radius 2 is 2.00 bits per heavy atom. The molecular formula is C15H17N3O3. The predicted molar refractivity (Wildman–Crippen MR) is 78.1 cm³/mol. The lowest BCUT2D eigenvalue weighted by atomic mass is 9.68. The highest BCUT2D eigenvalue weighted by molar-refractivity contribution is 6.15. The first-order valence-electron chi connectivity index (χ1n) is 6.98. The highest BCUT2D eigenvalue weighted by Crippen LogP contribution is 2.39. The lowest BCUT2D eigenvalue weighted by molar-refractivity contribution is -0.384. The van der Waals surface area contributed by atoms with Gasteiger partial charge in [-0.1, -0.05) is 13.8 Å². The molecule has 0 amide bonds. The van der Waals surface area contributed by atoms with Gasteiger partial charge in [0, 0.05) is 18.6 Å². The van der Waals surface area contributed by atoms with Crippen molar-refractivity contribution in [1.82, 2.24) is 5.43 Å². The molecule has 1 fully saturated rings. The van der Waals surface area contributed by atoms with E-state index in [0.29, 0.717) is 12.1 Å². The first-order chi connectivity index (χ1) is 9.87. The van der Waals surface area contributed by atoms with Crippen LogP contribution in [0.4, 0.5) is 5.69 Å². The largest absolute Gasteiger partial charge is 0.306 e. The number of non-ortho nitro benzene ring substituents is 1. The molecule has 2 atom stereocenters. The van der Waals surface area contributed by atoms with Gasteiger partial charge >= 0.3 is 0 Å². The van der Waals surface area contributed by atoms with E-state index >= 15 is 0 Å². The van der Waals surface area contributed by atoms with Gasteiger partial charge in [0.2, 0.25) is 0 Å². The molecule has 0 bridgehead atoms. The van der Waals surface area contributed by atoms with Crippen molar-refractivity contribution in [3.8, 4) is 0 Å². The topological polar surface area (TPSA) is 84.6 Å². The molecule has 1 aliphatic heterocycles. The molecule has 110 valence electrons. The standard InChI is InChI=1S/C15H17N3O3/c1-15(2)7-11-13(12(19)8-15)14(17-16-11)9-3-5-10(6-4-9)18(20)21/h3-6,11,13,16H,7-8H2,1-2H3/t11-,13+/m1/s1. The number of hydrogen-bond donors (Lipinski definition) is 1. The maximum Gasteiger partial charge on any atom is 0.269 e. The van der Waals surface area contributed by atoms with E-state index in [1.54, 1.807) is 12.1 Å². The molecule has 1 N–H and O–H groups in total. The minimum absolute atomic E-state index is 0.00824. The number of nitro groups is 1. The summed E-state index contributed by atoms with van der Waals surface area (Å²) in [5.41, 5.74) is 4.57. The van der Waals surface area contributed by atoms with E-state index in [9.17, 15) is 14.9 Å². The molecular weight excluding hydrogens is 270 g/mol. The predicted octanol–water partition coefficient (Wildman–Crippen LogP) is 2.28. The Kier molecular flexibility index (Phi) is 3.04. The molecule has 1 aromatic rings. The fourth-order valence-electron chi connectivity index (χ4n) is 3.27. The Hall–Kier alpha value is -2.24. The summed E-state index contributed by atoms with van der Waals surface area (Å²) in [7, 11) is 0. The molecule has 0 saturated heterocycles. The molecule has 0 unspecified atom stereocenters. The lowest BCUT2D eigenvalue weighted by Gasteiger charge is -2.36. The number of hydrazone groups is 1. The number of carbonyl (C=O) groups excluding carboxylic acids is 1. The third kappa shape index (κ3) is 2.41. The number of Topliss-reactive ketones (excluding diaryl/α,β-unsaturated/α-hetero) is 1. The van der Waals surface area contributed by atoms with Gasteiger partial charge in [-0.3, -0.25) is 14.9 Å². The fraction of sp³-hybridized carbons (Fsp3) is 0.467. The molecule has 0 spiro atoms. The zero-order valence-corrected chi connectivity index (χ0v) is 12.0. The van der Waals surface area contributed by atoms with Crippen LogP contribution in [0, 0.1) is 21.4 Å². The summed E-state index contributed by atoms with van der Waals surface area (Å²) in [5.74, 6) is -0.0437. The minimum atomic E-state index is -0.435. The Morgan fingerprint density at radius 3 is 2.62 bits per heavy atom. The maximum atomic E-state index is 12.4. The van der Waals surface area contributed by atoms with Crippen LogP contribution in [0.2, 0.25) is 0 Å². The summed E-state index contributed by atoms with van der Waals surface area (Å²) >= 11 is 0. The summed E-state index contributed by atoms with van der Waals surface area (Å²) in [5, 5.41) is 15.0. The molecule has 2 aliphatic rings. The lowest BCUT2D eigenvalue weighted by Crippen LogP contribution is -2.45. The second-order valence-corrected chi connectivity index (χ2v) is 6.53. The normalized spacial score (nSPS) is 26.8. The van der Waals surface area contributed by atoms with Gasteiger partial charge in [-0.05, 0) is 29.5 Å². The van der Waals surface area contributed by atoms with Crippen molar-refractivity contribution >= 4 is 17.2 Å². The third-order valence-electron chi connectivity index (χ3n) is 4.19. The van der Waals surface area contributed by atoms with Crippen molar-refractivity contribution in [2.75, 3.05) is 0 Å². The van der Waals surface area contributed by atoms with Crippen LogP contribution >= 0.6 is 0 Å². The Balaban J connectivity index is 1.87. The van der Waals surface area contributed by atoms with Crippen molar-refractivity contribution in [3.05, 3.63) is 39.9 Å². The number of nitrogens with zero attached hydrogens (tertiary/aromatic N) is 2. The van der Waals surface area contributed by atoms with E-state index in [-0.39, 0.29) is 28.8 Å². The molecule has 6 heteroatoms. The first-order valence-corrected chi connectivity index (χ1v) is 6.98. The number of carbonyl (C=O) groups is 1. The van der Waals surface area contributed by atoms with Gasteiger partial charge in [0.1, 0.15) is 5.78 Å². The Bertz CT molecular complexity index is 634. The van der Waals surface area contributed by atoms with Crippen LogP contribution in [0.15, 0.2) is 29.4 Å². The van der Waals surface area contributed by atoms with Crippen LogP contribution in [0.3, 0.4) is 0 Å². The van der Waals surface area contributed by atoms with Crippen molar-refractivity contribution in [3.63, 3.8) is 0 Å². The number of ketones is 1. The second-order valence-electron chi connectivity index (χ2n) is 6.53. The molecule has 3 rings (SSSR count). The van der Waals surface area contributed by atoms with E-state index in [4.69, 9.17) is 0 Å². The molecule has 1 aromatic carbocycles. The maximum absolute atomic E-state index is 12.4. The summed E-state index contributed by atoms with van der Waals surface area (Å²) < 4.78 is 0. The van der Waals surface area contributed by atoms with E-state index < -0.39 is 4.92 Å². The fourth-order valence-corrected chi connectivity index (χ4v) is 3.27. The summed E-state index contributed by atoms with van der Waals surface area (Å²) in [6.07, 6.45) is 1.44. The van der Waals surface area contributed by atoms with Crippen molar-refractivity contribution < 1.29 is 9.72 Å². The number of rotatable bonds is 2. The number of benzene rings is 1. The molecule has 0 radical (unpaired) electrons. The van der Waals surface area contributed by atoms with Gasteiger partial charge in [0.05, 0.1) is 22.6 Å². The summed E-state index contributed by atoms with van der Waals surface area (Å²) in [6.45, 7) is 4.18. The molecule has 1 saturated carbocycles. The van der Waals surface area contributed by atoms with Crippen LogP contribution in [-0.4, -0.2) is 22.5 Å². The highest BCUT2D eigenvalue weighted by Gasteiger charge is 2.46. The average molecular weight is 287 g/mol. The Labute approximate surface area is 122 Å². The van der Waals surface area contributed by atoms with Gasteiger partial charge in [-0.2, -0.15) is 5.10 Å². The van der Waals surface area contributed by atoms with Gasteiger partial charge in [0.25, 0.3) is 5.69 Å². The molecule has 1 aliphatic carbocycles. The number of hydrogen-bond acceptors (Lipinski definition) is 5. The van der Waals surface area contributed by atoms with Crippen LogP contribution < -0.4 is 5.43 Å². The summed E-state index contributed by atoms with van der Waals surface area (Å²) in [4.78, 5) is 22.7. The van der Waals surface area contributed by atoms with Crippen LogP contribution in [0.1, 0.15) is 32.3 Å². The van der Waals surface area contributed by atoms with Crippen molar-refractivity contribution in [2.24, 2.45) is 16.4 Å². The smallest absolute Gasteiger partial charge is 0.269 e. The molecule has 1 heterocycles. The molecule has 0 aromatic heterocycles. The first kappa shape index (κ1) is 13.7. The quantitative estimate of drug-likeness (QED) is 0.668. The SMILES string of the molecule is CC1(C)CC(=O)[C@H]2C(c3ccc([N+](=O)[O-])cc3)=NN[C@@H]2C1. The van der Waals surface area contributed by atoms with E-state index in [0.717, 1.165) is 12.0 Å². The zero-order chi connectivity index (χ0) is 15.2. The van der Waals surface area contributed by atoms with E-state index in [1.165, 1.54) is 12.1 Å². The van der Waals surface area contributed by atoms with Crippen LogP contribution in [0.25, 0.3) is 0 Å². The summed E-state index contributed by atoms with van der Waals surface area (Å²) in [6, 6.07) is 6.25. The number of fused-ring (bicyclic) bond motifs is 1. The van der Waals surface area contributed by atoms with Crippen LogP contribution in [0.5, 0.6) is 0 Å². The van der Waals surface area contributed by atoms with E-state index in [2.05, 4.69) is 24.4 Å². The average Bonchev–Trinajstić information content (AvgIpc) is 2.81. The molecule has 6 nitrogen and oxygen atoms in total. The second kappa shape index (κ2) is 4.65. The van der Waals surface area contributed by atoms with Crippen molar-refractivity contribution in [1.29, 1.82) is 0 Å². The zero-order valence-electron chi connectivity index (χ0n) is 12.0. The van der Waals surface area contributed by atoms with Crippen LogP contribution in [-0.2, 0) is 4.79 Å².